The molecular formula is C14H18BrNO4. The summed E-state index contributed by atoms with van der Waals surface area (Å²) in [4.78, 5) is 22.8. The molecule has 0 saturated heterocycles. The zero-order chi connectivity index (χ0) is 15.1. The number of rotatable bonds is 7. The number of carboxylic acids is 1. The molecule has 6 heteroatoms. The molecule has 0 aliphatic heterocycles. The van der Waals surface area contributed by atoms with Crippen LogP contribution < -0.4 is 10.1 Å². The molecule has 2 atom stereocenters. The zero-order valence-corrected chi connectivity index (χ0v) is 13.0. The summed E-state index contributed by atoms with van der Waals surface area (Å²) < 4.78 is 6.15. The molecule has 2 unspecified atom stereocenters. The lowest BCUT2D eigenvalue weighted by Gasteiger charge is -2.20. The predicted molar refractivity (Wildman–Crippen MR) is 78.7 cm³/mol. The second kappa shape index (κ2) is 7.89. The maximum absolute atomic E-state index is 11.7. The minimum Gasteiger partial charge on any atom is -0.484 e. The average molecular weight is 344 g/mol. The molecule has 0 radical (unpaired) electrons. The number of hydrogen-bond acceptors (Lipinski definition) is 3. The van der Waals surface area contributed by atoms with Gasteiger partial charge in [0.15, 0.2) is 6.61 Å². The van der Waals surface area contributed by atoms with Crippen molar-refractivity contribution in [2.24, 2.45) is 5.92 Å². The molecule has 0 heterocycles. The molecule has 20 heavy (non-hydrogen) atoms. The fourth-order valence-corrected chi connectivity index (χ4v) is 1.98. The minimum atomic E-state index is -1.03. The maximum atomic E-state index is 11.7. The van der Waals surface area contributed by atoms with Crippen LogP contribution in [-0.2, 0) is 9.59 Å². The van der Waals surface area contributed by atoms with Crippen molar-refractivity contribution >= 4 is 27.8 Å². The summed E-state index contributed by atoms with van der Waals surface area (Å²) in [5.41, 5.74) is 0. The van der Waals surface area contributed by atoms with E-state index in [-0.39, 0.29) is 12.5 Å². The van der Waals surface area contributed by atoms with Gasteiger partial charge in [0.1, 0.15) is 11.8 Å². The molecule has 0 aliphatic rings. The first-order chi connectivity index (χ1) is 9.43. The van der Waals surface area contributed by atoms with Crippen molar-refractivity contribution in [1.82, 2.24) is 5.32 Å². The van der Waals surface area contributed by atoms with Gasteiger partial charge < -0.3 is 15.2 Å². The Morgan fingerprint density at radius 1 is 1.45 bits per heavy atom. The standard InChI is InChI=1S/C14H18BrNO4/c1-3-9(2)13(14(18)19)16-12(17)8-20-11-6-4-5-10(15)7-11/h4-7,9,13H,3,8H2,1-2H3,(H,16,17)(H,18,19). The zero-order valence-electron chi connectivity index (χ0n) is 11.4. The Hall–Kier alpha value is -1.56. The van der Waals surface area contributed by atoms with Gasteiger partial charge in [0.05, 0.1) is 0 Å². The Balaban J connectivity index is 2.52. The van der Waals surface area contributed by atoms with Crippen LogP contribution in [0.1, 0.15) is 20.3 Å². The second-order valence-electron chi connectivity index (χ2n) is 4.52. The summed E-state index contributed by atoms with van der Waals surface area (Å²) in [5.74, 6) is -1.07. The number of nitrogens with one attached hydrogen (secondary N) is 1. The van der Waals surface area contributed by atoms with E-state index in [4.69, 9.17) is 9.84 Å². The van der Waals surface area contributed by atoms with Crippen molar-refractivity contribution in [2.45, 2.75) is 26.3 Å². The lowest BCUT2D eigenvalue weighted by molar-refractivity contribution is -0.143. The lowest BCUT2D eigenvalue weighted by Crippen LogP contribution is -2.46. The van der Waals surface area contributed by atoms with Crippen molar-refractivity contribution in [3.63, 3.8) is 0 Å². The van der Waals surface area contributed by atoms with Crippen molar-refractivity contribution in [3.05, 3.63) is 28.7 Å². The fourth-order valence-electron chi connectivity index (χ4n) is 1.60. The van der Waals surface area contributed by atoms with Crippen LogP contribution in [0.5, 0.6) is 5.75 Å². The van der Waals surface area contributed by atoms with Crippen LogP contribution in [-0.4, -0.2) is 29.6 Å². The van der Waals surface area contributed by atoms with Crippen LogP contribution in [0.15, 0.2) is 28.7 Å². The van der Waals surface area contributed by atoms with Gasteiger partial charge in [-0.2, -0.15) is 0 Å². The molecule has 110 valence electrons. The van der Waals surface area contributed by atoms with E-state index in [1.807, 2.05) is 13.0 Å². The van der Waals surface area contributed by atoms with Gasteiger partial charge in [0.2, 0.25) is 0 Å². The minimum absolute atomic E-state index is 0.137. The first-order valence-corrected chi connectivity index (χ1v) is 7.13. The van der Waals surface area contributed by atoms with Gasteiger partial charge in [0.25, 0.3) is 5.91 Å². The van der Waals surface area contributed by atoms with Gasteiger partial charge in [-0.25, -0.2) is 4.79 Å². The molecule has 0 spiro atoms. The molecule has 0 saturated carbocycles. The number of ether oxygens (including phenoxy) is 1. The van der Waals surface area contributed by atoms with Gasteiger partial charge >= 0.3 is 5.97 Å². The highest BCUT2D eigenvalue weighted by molar-refractivity contribution is 9.10. The van der Waals surface area contributed by atoms with Gasteiger partial charge in [-0.1, -0.05) is 42.3 Å². The summed E-state index contributed by atoms with van der Waals surface area (Å²) in [5, 5.41) is 11.6. The topological polar surface area (TPSA) is 75.6 Å². The molecule has 0 aliphatic carbocycles. The Labute approximate surface area is 126 Å². The van der Waals surface area contributed by atoms with E-state index in [1.54, 1.807) is 25.1 Å². The highest BCUT2D eigenvalue weighted by atomic mass is 79.9. The summed E-state index contributed by atoms with van der Waals surface area (Å²) in [6, 6.07) is 6.20. The number of hydrogen-bond donors (Lipinski definition) is 2. The van der Waals surface area contributed by atoms with Gasteiger partial charge in [-0.3, -0.25) is 4.79 Å². The van der Waals surface area contributed by atoms with Crippen LogP contribution in [0.3, 0.4) is 0 Å². The van der Waals surface area contributed by atoms with Crippen LogP contribution in [0.4, 0.5) is 0 Å². The molecule has 1 aromatic rings. The Morgan fingerprint density at radius 2 is 2.15 bits per heavy atom. The van der Waals surface area contributed by atoms with E-state index < -0.39 is 17.9 Å². The van der Waals surface area contributed by atoms with Crippen molar-refractivity contribution in [2.75, 3.05) is 6.61 Å². The van der Waals surface area contributed by atoms with Crippen molar-refractivity contribution < 1.29 is 19.4 Å². The number of amides is 1. The molecule has 1 amide bonds. The summed E-state index contributed by atoms with van der Waals surface area (Å²) in [7, 11) is 0. The lowest BCUT2D eigenvalue weighted by atomic mass is 9.99. The fraction of sp³-hybridized carbons (Fsp3) is 0.429. The van der Waals surface area contributed by atoms with Gasteiger partial charge in [0, 0.05) is 4.47 Å². The molecule has 5 nitrogen and oxygen atoms in total. The van der Waals surface area contributed by atoms with E-state index in [0.717, 1.165) is 4.47 Å². The average Bonchev–Trinajstić information content (AvgIpc) is 2.41. The number of aliphatic carboxylic acids is 1. The van der Waals surface area contributed by atoms with Crippen LogP contribution >= 0.6 is 15.9 Å². The quantitative estimate of drug-likeness (QED) is 0.797. The predicted octanol–water partition coefficient (Wildman–Crippen LogP) is 2.44. The highest BCUT2D eigenvalue weighted by Crippen LogP contribution is 2.17. The molecule has 1 aromatic carbocycles. The number of benzene rings is 1. The Kier molecular flexibility index (Phi) is 6.51. The molecule has 2 N–H and O–H groups in total. The molecule has 0 bridgehead atoms. The van der Waals surface area contributed by atoms with E-state index in [2.05, 4.69) is 21.2 Å². The van der Waals surface area contributed by atoms with Crippen LogP contribution in [0.25, 0.3) is 0 Å². The van der Waals surface area contributed by atoms with Crippen LogP contribution in [0, 0.1) is 5.92 Å². The third-order valence-corrected chi connectivity index (χ3v) is 3.45. The first kappa shape index (κ1) is 16.5. The Morgan fingerprint density at radius 3 is 2.70 bits per heavy atom. The van der Waals surface area contributed by atoms with Crippen molar-refractivity contribution in [1.29, 1.82) is 0 Å². The number of carbonyl (C=O) groups is 2. The van der Waals surface area contributed by atoms with Crippen molar-refractivity contribution in [3.8, 4) is 5.75 Å². The van der Waals surface area contributed by atoms with Gasteiger partial charge in [-0.15, -0.1) is 0 Å². The third-order valence-electron chi connectivity index (χ3n) is 2.96. The number of carboxylic acid groups (broad SMARTS) is 1. The van der Waals surface area contributed by atoms with E-state index in [0.29, 0.717) is 12.2 Å². The van der Waals surface area contributed by atoms with Crippen LogP contribution in [0.2, 0.25) is 0 Å². The molecule has 0 fully saturated rings. The SMILES string of the molecule is CCC(C)C(NC(=O)COc1cccc(Br)c1)C(=O)O. The molecular weight excluding hydrogens is 326 g/mol. The normalized spacial score (nSPS) is 13.3. The highest BCUT2D eigenvalue weighted by Gasteiger charge is 2.25. The van der Waals surface area contributed by atoms with E-state index >= 15 is 0 Å². The monoisotopic (exact) mass is 343 g/mol. The second-order valence-corrected chi connectivity index (χ2v) is 5.43. The summed E-state index contributed by atoms with van der Waals surface area (Å²) >= 11 is 3.30. The van der Waals surface area contributed by atoms with E-state index in [1.165, 1.54) is 0 Å². The third kappa shape index (κ3) is 5.21. The molecule has 1 rings (SSSR count). The number of halogens is 1. The number of carbonyl (C=O) groups excluding carboxylic acids is 1. The Bertz CT molecular complexity index is 478. The summed E-state index contributed by atoms with van der Waals surface area (Å²) in [6.07, 6.45) is 0.670. The maximum Gasteiger partial charge on any atom is 0.326 e. The smallest absolute Gasteiger partial charge is 0.326 e. The largest absolute Gasteiger partial charge is 0.484 e. The summed E-state index contributed by atoms with van der Waals surface area (Å²) in [6.45, 7) is 3.45. The van der Waals surface area contributed by atoms with E-state index in [9.17, 15) is 9.59 Å². The van der Waals surface area contributed by atoms with Gasteiger partial charge in [-0.05, 0) is 24.1 Å². The molecule has 0 aromatic heterocycles. The first-order valence-electron chi connectivity index (χ1n) is 6.34.